The second kappa shape index (κ2) is 11.7. The summed E-state index contributed by atoms with van der Waals surface area (Å²) in [5.74, 6) is 0.141. The fraction of sp³-hybridized carbons (Fsp3) is 0.308. The topological polar surface area (TPSA) is 58.6 Å². The number of rotatable bonds is 9. The van der Waals surface area contributed by atoms with Crippen molar-refractivity contribution in [3.8, 4) is 5.75 Å². The highest BCUT2D eigenvalue weighted by Gasteiger charge is 2.27. The van der Waals surface area contributed by atoms with Crippen molar-refractivity contribution in [1.29, 1.82) is 0 Å². The van der Waals surface area contributed by atoms with Gasteiger partial charge < -0.3 is 15.0 Å². The smallest absolute Gasteiger partial charge is 0.261 e. The molecular formula is C26H28Br2N2O3. The molecule has 0 fully saturated rings. The average Bonchev–Trinajstić information content (AvgIpc) is 2.81. The summed E-state index contributed by atoms with van der Waals surface area (Å²) >= 11 is 7.07. The molecule has 0 aliphatic heterocycles. The van der Waals surface area contributed by atoms with Gasteiger partial charge in [0, 0.05) is 17.1 Å². The molecular weight excluding hydrogens is 548 g/mol. The molecule has 3 aromatic carbocycles. The molecule has 7 heteroatoms. The minimum absolute atomic E-state index is 0.0348. The molecule has 2 amide bonds. The molecule has 1 N–H and O–H groups in total. The predicted octanol–water partition coefficient (Wildman–Crippen LogP) is 6.08. The first kappa shape index (κ1) is 25.2. The third-order valence-electron chi connectivity index (χ3n) is 5.59. The summed E-state index contributed by atoms with van der Waals surface area (Å²) in [6.07, 6.45) is 0.817. The maximum atomic E-state index is 13.3. The first-order valence-electron chi connectivity index (χ1n) is 10.9. The van der Waals surface area contributed by atoms with Crippen LogP contribution in [0.5, 0.6) is 5.75 Å². The zero-order valence-corrected chi connectivity index (χ0v) is 22.1. The number of halogens is 2. The molecule has 0 spiro atoms. The lowest BCUT2D eigenvalue weighted by Gasteiger charge is -2.29. The van der Waals surface area contributed by atoms with E-state index in [2.05, 4.69) is 37.2 Å². The highest BCUT2D eigenvalue weighted by molar-refractivity contribution is 9.11. The molecule has 0 radical (unpaired) electrons. The Morgan fingerprint density at radius 3 is 2.52 bits per heavy atom. The van der Waals surface area contributed by atoms with Crippen LogP contribution < -0.4 is 10.1 Å². The van der Waals surface area contributed by atoms with Crippen molar-refractivity contribution < 1.29 is 14.3 Å². The lowest BCUT2D eigenvalue weighted by molar-refractivity contribution is -0.142. The molecule has 0 saturated carbocycles. The molecule has 0 saturated heterocycles. The minimum atomic E-state index is -0.644. The van der Waals surface area contributed by atoms with Crippen LogP contribution in [-0.4, -0.2) is 35.4 Å². The molecule has 174 valence electrons. The number of ether oxygens (including phenoxy) is 1. The largest absolute Gasteiger partial charge is 0.483 e. The van der Waals surface area contributed by atoms with E-state index in [1.807, 2.05) is 74.5 Å². The Morgan fingerprint density at radius 2 is 1.79 bits per heavy atom. The number of benzene rings is 3. The van der Waals surface area contributed by atoms with Crippen molar-refractivity contribution in [3.63, 3.8) is 0 Å². The summed E-state index contributed by atoms with van der Waals surface area (Å²) in [6.45, 7) is 5.84. The molecule has 5 nitrogen and oxygen atoms in total. The summed E-state index contributed by atoms with van der Waals surface area (Å²) in [5.41, 5.74) is 0.924. The molecule has 0 aromatic heterocycles. The summed E-state index contributed by atoms with van der Waals surface area (Å²) in [4.78, 5) is 27.7. The normalized spacial score (nSPS) is 12.8. The fourth-order valence-electron chi connectivity index (χ4n) is 3.43. The first-order chi connectivity index (χ1) is 15.8. The molecule has 0 aliphatic rings. The molecule has 0 heterocycles. The van der Waals surface area contributed by atoms with Crippen LogP contribution in [-0.2, 0) is 16.1 Å². The summed E-state index contributed by atoms with van der Waals surface area (Å²) in [6, 6.07) is 18.9. The van der Waals surface area contributed by atoms with Crippen LogP contribution in [0.2, 0.25) is 0 Å². The van der Waals surface area contributed by atoms with E-state index >= 15 is 0 Å². The SMILES string of the molecule is CC[C@@H](C)NC(=O)[C@H](C)N(Cc1cccc(Br)c1)C(=O)COc1ccc2ccccc2c1Br. The van der Waals surface area contributed by atoms with E-state index in [-0.39, 0.29) is 24.5 Å². The zero-order valence-electron chi connectivity index (χ0n) is 19.0. The molecule has 0 unspecified atom stereocenters. The van der Waals surface area contributed by atoms with Gasteiger partial charge in [-0.05, 0) is 70.7 Å². The summed E-state index contributed by atoms with van der Waals surface area (Å²) < 4.78 is 7.62. The van der Waals surface area contributed by atoms with Crippen LogP contribution in [0, 0.1) is 0 Å². The van der Waals surface area contributed by atoms with Crippen molar-refractivity contribution in [2.45, 2.75) is 45.8 Å². The average molecular weight is 576 g/mol. The standard InChI is InChI=1S/C26H28Br2N2O3/c1-4-17(2)29-26(32)18(3)30(15-19-8-7-10-21(27)14-19)24(31)16-33-23-13-12-20-9-5-6-11-22(20)25(23)28/h5-14,17-18H,4,15-16H2,1-3H3,(H,29,32)/t17-,18+/m1/s1. The van der Waals surface area contributed by atoms with Crippen LogP contribution in [0.25, 0.3) is 10.8 Å². The van der Waals surface area contributed by atoms with E-state index in [0.717, 1.165) is 31.7 Å². The van der Waals surface area contributed by atoms with E-state index in [1.165, 1.54) is 0 Å². The molecule has 0 aliphatic carbocycles. The number of nitrogens with zero attached hydrogens (tertiary/aromatic N) is 1. The van der Waals surface area contributed by atoms with Crippen LogP contribution in [0.1, 0.15) is 32.8 Å². The van der Waals surface area contributed by atoms with Gasteiger partial charge in [-0.25, -0.2) is 0 Å². The number of hydrogen-bond acceptors (Lipinski definition) is 3. The predicted molar refractivity (Wildman–Crippen MR) is 139 cm³/mol. The number of amides is 2. The van der Waals surface area contributed by atoms with Crippen molar-refractivity contribution in [2.24, 2.45) is 0 Å². The molecule has 3 aromatic rings. The third kappa shape index (κ3) is 6.58. The lowest BCUT2D eigenvalue weighted by atomic mass is 10.1. The van der Waals surface area contributed by atoms with Gasteiger partial charge in [0.05, 0.1) is 4.47 Å². The van der Waals surface area contributed by atoms with Gasteiger partial charge in [-0.2, -0.15) is 0 Å². The van der Waals surface area contributed by atoms with Crippen LogP contribution in [0.15, 0.2) is 69.6 Å². The van der Waals surface area contributed by atoms with Crippen LogP contribution >= 0.6 is 31.9 Å². The summed E-state index contributed by atoms with van der Waals surface area (Å²) in [5, 5.41) is 5.06. The van der Waals surface area contributed by atoms with Crippen molar-refractivity contribution in [1.82, 2.24) is 10.2 Å². The minimum Gasteiger partial charge on any atom is -0.483 e. The summed E-state index contributed by atoms with van der Waals surface area (Å²) in [7, 11) is 0. The highest BCUT2D eigenvalue weighted by Crippen LogP contribution is 2.33. The van der Waals surface area contributed by atoms with Gasteiger partial charge in [0.1, 0.15) is 11.8 Å². The van der Waals surface area contributed by atoms with Gasteiger partial charge in [-0.1, -0.05) is 65.3 Å². The van der Waals surface area contributed by atoms with Crippen molar-refractivity contribution in [2.75, 3.05) is 6.61 Å². The van der Waals surface area contributed by atoms with Crippen LogP contribution in [0.3, 0.4) is 0 Å². The van der Waals surface area contributed by atoms with E-state index in [4.69, 9.17) is 4.74 Å². The number of carbonyl (C=O) groups is 2. The Bertz CT molecular complexity index is 1140. The van der Waals surface area contributed by atoms with E-state index < -0.39 is 6.04 Å². The quantitative estimate of drug-likeness (QED) is 0.336. The molecule has 3 rings (SSSR count). The Labute approximate surface area is 211 Å². The van der Waals surface area contributed by atoms with Gasteiger partial charge >= 0.3 is 0 Å². The Hall–Kier alpha value is -2.38. The fourth-order valence-corrected chi connectivity index (χ4v) is 4.48. The Balaban J connectivity index is 1.79. The van der Waals surface area contributed by atoms with Crippen molar-refractivity contribution >= 4 is 54.4 Å². The van der Waals surface area contributed by atoms with E-state index in [1.54, 1.807) is 11.8 Å². The second-order valence-corrected chi connectivity index (χ2v) is 9.74. The van der Waals surface area contributed by atoms with Gasteiger partial charge in [0.25, 0.3) is 5.91 Å². The Kier molecular flexibility index (Phi) is 8.92. The van der Waals surface area contributed by atoms with E-state index in [9.17, 15) is 9.59 Å². The molecule has 0 bridgehead atoms. The van der Waals surface area contributed by atoms with Gasteiger partial charge in [0.2, 0.25) is 5.91 Å². The monoisotopic (exact) mass is 574 g/mol. The number of nitrogens with one attached hydrogen (secondary N) is 1. The number of carbonyl (C=O) groups excluding carboxylic acids is 2. The van der Waals surface area contributed by atoms with Crippen molar-refractivity contribution in [3.05, 3.63) is 75.2 Å². The molecule has 2 atom stereocenters. The van der Waals surface area contributed by atoms with Gasteiger partial charge in [0.15, 0.2) is 6.61 Å². The van der Waals surface area contributed by atoms with E-state index in [0.29, 0.717) is 12.3 Å². The Morgan fingerprint density at radius 1 is 1.03 bits per heavy atom. The number of fused-ring (bicyclic) bond motifs is 1. The third-order valence-corrected chi connectivity index (χ3v) is 6.90. The lowest BCUT2D eigenvalue weighted by Crippen LogP contribution is -2.50. The van der Waals surface area contributed by atoms with Gasteiger partial charge in [-0.3, -0.25) is 9.59 Å². The van der Waals surface area contributed by atoms with Gasteiger partial charge in [-0.15, -0.1) is 0 Å². The first-order valence-corrected chi connectivity index (χ1v) is 12.5. The zero-order chi connectivity index (χ0) is 24.0. The van der Waals surface area contributed by atoms with Crippen LogP contribution in [0.4, 0.5) is 0 Å². The second-order valence-electron chi connectivity index (χ2n) is 8.03. The molecule has 33 heavy (non-hydrogen) atoms. The maximum absolute atomic E-state index is 13.3. The highest BCUT2D eigenvalue weighted by atomic mass is 79.9. The maximum Gasteiger partial charge on any atom is 0.261 e. The number of hydrogen-bond donors (Lipinski definition) is 1.